The van der Waals surface area contributed by atoms with E-state index in [2.05, 4.69) is 15.6 Å². The number of hydrogen-bond acceptors (Lipinski definition) is 9. The minimum Gasteiger partial charge on any atom is -0.479 e. The first-order valence-corrected chi connectivity index (χ1v) is 13.0. The summed E-state index contributed by atoms with van der Waals surface area (Å²) >= 11 is 0. The molecule has 2 unspecified atom stereocenters. The van der Waals surface area contributed by atoms with E-state index in [1.54, 1.807) is 0 Å². The van der Waals surface area contributed by atoms with E-state index in [4.69, 9.17) is 15.2 Å². The molecule has 3 rings (SSSR count). The van der Waals surface area contributed by atoms with Crippen LogP contribution in [0.25, 0.3) is 0 Å². The third kappa shape index (κ3) is 6.77. The van der Waals surface area contributed by atoms with Crippen molar-refractivity contribution in [2.24, 2.45) is 11.7 Å². The number of aliphatic carboxylic acids is 1. The van der Waals surface area contributed by atoms with Gasteiger partial charge in [0.25, 0.3) is 0 Å². The van der Waals surface area contributed by atoms with E-state index in [0.29, 0.717) is 6.42 Å². The van der Waals surface area contributed by atoms with Crippen molar-refractivity contribution in [3.63, 3.8) is 0 Å². The van der Waals surface area contributed by atoms with Gasteiger partial charge >= 0.3 is 18.0 Å². The number of carbonyl (C=O) groups is 3. The highest BCUT2D eigenvalue weighted by Gasteiger charge is 2.59. The molecule has 40 heavy (non-hydrogen) atoms. The van der Waals surface area contributed by atoms with E-state index in [1.807, 2.05) is 0 Å². The number of pyridine rings is 1. The number of aromatic amines is 1. The number of anilines is 1. The second-order valence-corrected chi connectivity index (χ2v) is 10.5. The molecule has 1 aliphatic carbocycles. The van der Waals surface area contributed by atoms with Gasteiger partial charge in [-0.2, -0.15) is 0 Å². The van der Waals surface area contributed by atoms with Gasteiger partial charge in [0, 0.05) is 17.8 Å². The van der Waals surface area contributed by atoms with E-state index in [9.17, 15) is 43.3 Å². The molecule has 2 amide bonds. The number of aliphatic hydroxyl groups is 2. The summed E-state index contributed by atoms with van der Waals surface area (Å²) in [5.41, 5.74) is 2.23. The van der Waals surface area contributed by atoms with Crippen LogP contribution in [0, 0.1) is 5.92 Å². The molecule has 2 fully saturated rings. The summed E-state index contributed by atoms with van der Waals surface area (Å²) in [6, 6.07) is -0.213. The Hall–Kier alpha value is -3.14. The summed E-state index contributed by atoms with van der Waals surface area (Å²) in [7, 11) is 0. The van der Waals surface area contributed by atoms with Crippen LogP contribution in [0.5, 0.6) is 0 Å². The summed E-state index contributed by atoms with van der Waals surface area (Å²) in [5, 5.41) is 33.4. The summed E-state index contributed by atoms with van der Waals surface area (Å²) in [5.74, 6) is -5.91. The number of carboxylic acid groups (broad SMARTS) is 1. The average Bonchev–Trinajstić information content (AvgIpc) is 3.12. The zero-order chi connectivity index (χ0) is 29.8. The Kier molecular flexibility index (Phi) is 9.87. The molecule has 13 nitrogen and oxygen atoms in total. The third-order valence-electron chi connectivity index (χ3n) is 7.64. The molecule has 2 heterocycles. The lowest BCUT2D eigenvalue weighted by Gasteiger charge is -2.33. The van der Waals surface area contributed by atoms with Gasteiger partial charge in [-0.15, -0.1) is 0 Å². The Morgan fingerprint density at radius 1 is 1.30 bits per heavy atom. The summed E-state index contributed by atoms with van der Waals surface area (Å²) in [6.07, 6.45) is -2.69. The highest BCUT2D eigenvalue weighted by atomic mass is 19.3. The predicted octanol–water partition coefficient (Wildman–Crippen LogP) is 0.998. The molecule has 1 aliphatic heterocycles. The van der Waals surface area contributed by atoms with Gasteiger partial charge < -0.3 is 40.8 Å². The van der Waals surface area contributed by atoms with Crippen molar-refractivity contribution < 1.29 is 48.0 Å². The first kappa shape index (κ1) is 31.4. The van der Waals surface area contributed by atoms with Crippen molar-refractivity contribution in [3.8, 4) is 0 Å². The average molecular weight is 575 g/mol. The Labute approximate surface area is 228 Å². The van der Waals surface area contributed by atoms with Crippen LogP contribution < -0.4 is 21.9 Å². The molecule has 0 spiro atoms. The molecule has 15 heteroatoms. The smallest absolute Gasteiger partial charge is 0.411 e. The van der Waals surface area contributed by atoms with Crippen molar-refractivity contribution in [2.75, 3.05) is 11.9 Å². The Morgan fingerprint density at radius 3 is 2.52 bits per heavy atom. The number of aromatic nitrogens is 1. The van der Waals surface area contributed by atoms with Gasteiger partial charge in [0.05, 0.1) is 18.3 Å². The van der Waals surface area contributed by atoms with Crippen LogP contribution in [0.15, 0.2) is 17.1 Å². The number of nitrogens with one attached hydrogen (secondary N) is 3. The van der Waals surface area contributed by atoms with Gasteiger partial charge in [-0.3, -0.25) is 14.9 Å². The van der Waals surface area contributed by atoms with Gasteiger partial charge in [0.1, 0.15) is 18.3 Å². The quantitative estimate of drug-likeness (QED) is 0.210. The van der Waals surface area contributed by atoms with Crippen molar-refractivity contribution in [3.05, 3.63) is 28.2 Å². The van der Waals surface area contributed by atoms with Gasteiger partial charge in [0.2, 0.25) is 11.5 Å². The minimum atomic E-state index is -3.90. The maximum absolute atomic E-state index is 14.7. The number of carbonyl (C=O) groups excluding carboxylic acids is 2. The standard InChI is InChI=1S/C25H36F2N4O9/c1-12(24(2,22(36)37)31-21(35)15(28)8-13-6-4-3-5-7-13)39-23(38)30-16-9-18(33)29-10-14(16)20-25(26,27)19(34)17(11-32)40-20/h9-10,12-13,15,17,19-20,32,34H,3-8,11,28H2,1-2H3,(H,31,35)(H,36,37)(H2,29,30,33,38)/t12-,15?,17-,19-,20?,24-/m1/s1. The van der Waals surface area contributed by atoms with Crippen LogP contribution in [0.2, 0.25) is 0 Å². The molecule has 1 saturated carbocycles. The predicted molar refractivity (Wildman–Crippen MR) is 136 cm³/mol. The van der Waals surface area contributed by atoms with Gasteiger partial charge in [-0.25, -0.2) is 18.4 Å². The second kappa shape index (κ2) is 12.6. The highest BCUT2D eigenvalue weighted by molar-refractivity contribution is 5.91. The van der Waals surface area contributed by atoms with Crippen molar-refractivity contribution in [1.82, 2.24) is 10.3 Å². The van der Waals surface area contributed by atoms with E-state index in [1.165, 1.54) is 6.92 Å². The lowest BCUT2D eigenvalue weighted by atomic mass is 9.84. The number of halogens is 2. The lowest BCUT2D eigenvalue weighted by Crippen LogP contribution is -2.63. The fourth-order valence-corrected chi connectivity index (χ4v) is 4.96. The number of alkyl halides is 2. The monoisotopic (exact) mass is 574 g/mol. The maximum atomic E-state index is 14.7. The topological polar surface area (TPSA) is 213 Å². The van der Waals surface area contributed by atoms with Crippen LogP contribution in [-0.4, -0.2) is 80.7 Å². The summed E-state index contributed by atoms with van der Waals surface area (Å²) < 4.78 is 39.6. The van der Waals surface area contributed by atoms with Crippen LogP contribution in [0.4, 0.5) is 19.3 Å². The normalized spacial score (nSPS) is 25.8. The van der Waals surface area contributed by atoms with Crippen molar-refractivity contribution in [2.45, 2.75) is 94.3 Å². The Balaban J connectivity index is 1.72. The molecule has 0 aromatic carbocycles. The van der Waals surface area contributed by atoms with E-state index >= 15 is 0 Å². The maximum Gasteiger partial charge on any atom is 0.411 e. The van der Waals surface area contributed by atoms with Gasteiger partial charge in [-0.1, -0.05) is 32.1 Å². The largest absolute Gasteiger partial charge is 0.479 e. The number of amides is 2. The molecular formula is C25H36F2N4O9. The van der Waals surface area contributed by atoms with Gasteiger partial charge in [0.15, 0.2) is 11.6 Å². The third-order valence-corrected chi connectivity index (χ3v) is 7.64. The molecule has 0 bridgehead atoms. The summed E-state index contributed by atoms with van der Waals surface area (Å²) in [4.78, 5) is 51.7. The second-order valence-electron chi connectivity index (χ2n) is 10.5. The van der Waals surface area contributed by atoms with Crippen molar-refractivity contribution in [1.29, 1.82) is 0 Å². The number of aliphatic hydroxyl groups excluding tert-OH is 2. The molecule has 2 aliphatic rings. The first-order chi connectivity index (χ1) is 18.7. The minimum absolute atomic E-state index is 0.248. The number of rotatable bonds is 10. The fourth-order valence-electron chi connectivity index (χ4n) is 4.96. The Morgan fingerprint density at radius 2 is 1.95 bits per heavy atom. The fraction of sp³-hybridized carbons (Fsp3) is 0.680. The molecule has 224 valence electrons. The zero-order valence-corrected chi connectivity index (χ0v) is 22.2. The highest BCUT2D eigenvalue weighted by Crippen LogP contribution is 2.47. The van der Waals surface area contributed by atoms with Crippen molar-refractivity contribution >= 4 is 23.7 Å². The molecule has 1 aromatic heterocycles. The number of H-pyrrole nitrogens is 1. The number of hydrogen-bond donors (Lipinski definition) is 7. The SMILES string of the molecule is C[C@@H](OC(=O)Nc1cc(=O)[nH]cc1C1O[C@H](CO)[C@@H](O)C1(F)F)[C@@](C)(NC(=O)C(N)CC1CCCCC1)C(=O)O. The van der Waals surface area contributed by atoms with Crippen LogP contribution >= 0.6 is 0 Å². The molecule has 1 aromatic rings. The lowest BCUT2D eigenvalue weighted by molar-refractivity contribution is -0.151. The first-order valence-electron chi connectivity index (χ1n) is 13.0. The number of ether oxygens (including phenoxy) is 2. The number of nitrogens with two attached hydrogens (primary N) is 1. The van der Waals surface area contributed by atoms with Gasteiger partial charge in [-0.05, 0) is 26.2 Å². The number of carboxylic acids is 1. The Bertz CT molecular complexity index is 1140. The van der Waals surface area contributed by atoms with Crippen LogP contribution in [-0.2, 0) is 19.1 Å². The molecule has 0 radical (unpaired) electrons. The zero-order valence-electron chi connectivity index (χ0n) is 22.2. The molecule has 1 saturated heterocycles. The van der Waals surface area contributed by atoms with E-state index in [0.717, 1.165) is 51.3 Å². The van der Waals surface area contributed by atoms with Crippen LogP contribution in [0.1, 0.15) is 64.0 Å². The molecule has 6 atom stereocenters. The molecular weight excluding hydrogens is 538 g/mol. The van der Waals surface area contributed by atoms with E-state index < -0.39 is 83.3 Å². The molecule has 8 N–H and O–H groups in total. The van der Waals surface area contributed by atoms with Crippen LogP contribution in [0.3, 0.4) is 0 Å². The summed E-state index contributed by atoms with van der Waals surface area (Å²) in [6.45, 7) is 1.42. The van der Waals surface area contributed by atoms with E-state index in [-0.39, 0.29) is 5.92 Å².